The average Bonchev–Trinajstić information content (AvgIpc) is 2.31. The second-order valence-electron chi connectivity index (χ2n) is 4.05. The van der Waals surface area contributed by atoms with Crippen LogP contribution in [0.15, 0.2) is 43.0 Å². The van der Waals surface area contributed by atoms with Gasteiger partial charge in [0.2, 0.25) is 0 Å². The van der Waals surface area contributed by atoms with Gasteiger partial charge in [-0.05, 0) is 24.1 Å². The number of hydrogen-bond donors (Lipinski definition) is 0. The maximum atomic E-state index is 4.10. The van der Waals surface area contributed by atoms with Crippen molar-refractivity contribution in [2.45, 2.75) is 20.8 Å². The molecule has 3 heteroatoms. The first-order chi connectivity index (χ1) is 7.70. The van der Waals surface area contributed by atoms with E-state index in [4.69, 9.17) is 0 Å². The maximum absolute atomic E-state index is 4.10. The fourth-order valence-corrected chi connectivity index (χ4v) is 0.943. The Morgan fingerprint density at radius 1 is 0.938 bits per heavy atom. The Kier molecular flexibility index (Phi) is 5.12. The van der Waals surface area contributed by atoms with E-state index >= 15 is 0 Å². The Balaban J connectivity index is 0.000000280. The van der Waals surface area contributed by atoms with Gasteiger partial charge in [0.15, 0.2) is 5.82 Å². The highest BCUT2D eigenvalue weighted by molar-refractivity contribution is 5.51. The topological polar surface area (TPSA) is 38.7 Å². The highest BCUT2D eigenvalue weighted by Gasteiger charge is 1.96. The first-order valence-electron chi connectivity index (χ1n) is 5.37. The van der Waals surface area contributed by atoms with E-state index < -0.39 is 0 Å². The lowest BCUT2D eigenvalue weighted by atomic mass is 10.3. The van der Waals surface area contributed by atoms with Crippen LogP contribution in [0.2, 0.25) is 0 Å². The molecule has 2 aromatic rings. The minimum Gasteiger partial charge on any atom is -0.264 e. The molecule has 84 valence electrons. The van der Waals surface area contributed by atoms with Gasteiger partial charge in [0.25, 0.3) is 0 Å². The predicted octanol–water partition coefficient (Wildman–Crippen LogP) is 3.20. The summed E-state index contributed by atoms with van der Waals surface area (Å²) in [5.41, 5.74) is 0.943. The van der Waals surface area contributed by atoms with Crippen LogP contribution in [0, 0.1) is 5.92 Å². The van der Waals surface area contributed by atoms with Gasteiger partial charge in [-0.25, -0.2) is 9.97 Å². The zero-order chi connectivity index (χ0) is 11.8. The van der Waals surface area contributed by atoms with Crippen molar-refractivity contribution in [1.29, 1.82) is 0 Å². The normalized spacial score (nSPS) is 9.50. The molecule has 16 heavy (non-hydrogen) atoms. The number of aromatic nitrogens is 3. The molecule has 2 rings (SSSR count). The summed E-state index contributed by atoms with van der Waals surface area (Å²) in [4.78, 5) is 12.2. The van der Waals surface area contributed by atoms with Crippen molar-refractivity contribution in [3.05, 3.63) is 43.0 Å². The summed E-state index contributed by atoms with van der Waals surface area (Å²) in [7, 11) is 0. The van der Waals surface area contributed by atoms with Crippen molar-refractivity contribution in [3.63, 3.8) is 0 Å². The first kappa shape index (κ1) is 12.3. The molecule has 0 unspecified atom stereocenters. The highest BCUT2D eigenvalue weighted by atomic mass is 14.9. The number of rotatable bonds is 1. The molecule has 0 saturated heterocycles. The lowest BCUT2D eigenvalue weighted by molar-refractivity contribution is 0.737. The molecule has 0 N–H and O–H groups in total. The van der Waals surface area contributed by atoms with E-state index in [1.807, 2.05) is 12.1 Å². The standard InChI is InChI=1S/C9H7N3.C4H10/c1-3-8(7-10-4-1)9-11-5-2-6-12-9;1-4(2)3/h1-7H;4H,1-3H3. The van der Waals surface area contributed by atoms with Crippen molar-refractivity contribution in [3.8, 4) is 11.4 Å². The Morgan fingerprint density at radius 2 is 1.56 bits per heavy atom. The van der Waals surface area contributed by atoms with E-state index in [0.29, 0.717) is 5.82 Å². The molecule has 0 bridgehead atoms. The summed E-state index contributed by atoms with van der Waals surface area (Å²) >= 11 is 0. The fourth-order valence-electron chi connectivity index (χ4n) is 0.943. The molecular formula is C13H17N3. The molecule has 2 heterocycles. The van der Waals surface area contributed by atoms with Crippen LogP contribution in [-0.2, 0) is 0 Å². The molecule has 0 amide bonds. The third kappa shape index (κ3) is 4.64. The van der Waals surface area contributed by atoms with Crippen molar-refractivity contribution >= 4 is 0 Å². The Hall–Kier alpha value is -1.77. The van der Waals surface area contributed by atoms with Crippen molar-refractivity contribution < 1.29 is 0 Å². The Morgan fingerprint density at radius 3 is 2.06 bits per heavy atom. The van der Waals surface area contributed by atoms with Gasteiger partial charge < -0.3 is 0 Å². The molecule has 0 aliphatic rings. The van der Waals surface area contributed by atoms with Crippen LogP contribution in [0.4, 0.5) is 0 Å². The zero-order valence-corrected chi connectivity index (χ0v) is 9.96. The third-order valence-corrected chi connectivity index (χ3v) is 1.49. The summed E-state index contributed by atoms with van der Waals surface area (Å²) in [6.07, 6.45) is 6.91. The molecule has 3 nitrogen and oxygen atoms in total. The van der Waals surface area contributed by atoms with Crippen LogP contribution < -0.4 is 0 Å². The maximum Gasteiger partial charge on any atom is 0.160 e. The van der Waals surface area contributed by atoms with E-state index in [2.05, 4.69) is 35.7 Å². The molecule has 0 atom stereocenters. The second-order valence-corrected chi connectivity index (χ2v) is 4.05. The number of nitrogens with zero attached hydrogens (tertiary/aromatic N) is 3. The summed E-state index contributed by atoms with van der Waals surface area (Å²) in [6, 6.07) is 5.59. The molecule has 0 spiro atoms. The quantitative estimate of drug-likeness (QED) is 0.733. The van der Waals surface area contributed by atoms with Gasteiger partial charge in [-0.15, -0.1) is 0 Å². The molecule has 0 aromatic carbocycles. The van der Waals surface area contributed by atoms with Crippen LogP contribution in [0.1, 0.15) is 20.8 Å². The number of hydrogen-bond acceptors (Lipinski definition) is 3. The van der Waals surface area contributed by atoms with Crippen LogP contribution in [0.3, 0.4) is 0 Å². The van der Waals surface area contributed by atoms with Gasteiger partial charge in [0.1, 0.15) is 0 Å². The zero-order valence-electron chi connectivity index (χ0n) is 9.96. The van der Waals surface area contributed by atoms with Crippen LogP contribution in [0.5, 0.6) is 0 Å². The molecule has 0 aliphatic heterocycles. The van der Waals surface area contributed by atoms with E-state index in [0.717, 1.165) is 11.5 Å². The summed E-state index contributed by atoms with van der Waals surface area (Å²) in [6.45, 7) is 6.50. The van der Waals surface area contributed by atoms with Crippen LogP contribution in [-0.4, -0.2) is 15.0 Å². The van der Waals surface area contributed by atoms with E-state index in [-0.39, 0.29) is 0 Å². The molecule has 0 fully saturated rings. The summed E-state index contributed by atoms with van der Waals surface area (Å²) in [5, 5.41) is 0. The van der Waals surface area contributed by atoms with Gasteiger partial charge >= 0.3 is 0 Å². The lowest BCUT2D eigenvalue weighted by Gasteiger charge is -1.95. The lowest BCUT2D eigenvalue weighted by Crippen LogP contribution is -1.86. The number of pyridine rings is 1. The molecular weight excluding hydrogens is 198 g/mol. The van der Waals surface area contributed by atoms with Crippen molar-refractivity contribution in [2.75, 3.05) is 0 Å². The summed E-state index contributed by atoms with van der Waals surface area (Å²) < 4.78 is 0. The van der Waals surface area contributed by atoms with Crippen molar-refractivity contribution in [2.24, 2.45) is 5.92 Å². The van der Waals surface area contributed by atoms with Gasteiger partial charge in [-0.3, -0.25) is 4.98 Å². The SMILES string of the molecule is CC(C)C.c1cnc(-c2cccnc2)nc1. The highest BCUT2D eigenvalue weighted by Crippen LogP contribution is 2.09. The Bertz CT molecular complexity index is 344. The minimum atomic E-state index is 0.714. The van der Waals surface area contributed by atoms with Crippen LogP contribution >= 0.6 is 0 Å². The monoisotopic (exact) mass is 215 g/mol. The molecule has 0 radical (unpaired) electrons. The fraction of sp³-hybridized carbons (Fsp3) is 0.308. The van der Waals surface area contributed by atoms with Gasteiger partial charge in [-0.1, -0.05) is 20.8 Å². The van der Waals surface area contributed by atoms with Crippen molar-refractivity contribution in [1.82, 2.24) is 15.0 Å². The smallest absolute Gasteiger partial charge is 0.160 e. The van der Waals surface area contributed by atoms with E-state index in [1.165, 1.54) is 0 Å². The average molecular weight is 215 g/mol. The predicted molar refractivity (Wildman–Crippen MR) is 65.8 cm³/mol. The van der Waals surface area contributed by atoms with E-state index in [9.17, 15) is 0 Å². The van der Waals surface area contributed by atoms with Gasteiger partial charge in [0.05, 0.1) is 0 Å². The Labute approximate surface area is 96.6 Å². The largest absolute Gasteiger partial charge is 0.264 e. The van der Waals surface area contributed by atoms with Crippen LogP contribution in [0.25, 0.3) is 11.4 Å². The second kappa shape index (κ2) is 6.67. The first-order valence-corrected chi connectivity index (χ1v) is 5.37. The van der Waals surface area contributed by atoms with Gasteiger partial charge in [0, 0.05) is 30.4 Å². The minimum absolute atomic E-state index is 0.714. The molecule has 2 aromatic heterocycles. The van der Waals surface area contributed by atoms with E-state index in [1.54, 1.807) is 30.9 Å². The molecule has 0 aliphatic carbocycles. The summed E-state index contributed by atoms with van der Waals surface area (Å²) in [5.74, 6) is 1.55. The molecule has 0 saturated carbocycles. The third-order valence-electron chi connectivity index (χ3n) is 1.49. The van der Waals surface area contributed by atoms with Gasteiger partial charge in [-0.2, -0.15) is 0 Å².